The van der Waals surface area contributed by atoms with E-state index in [1.54, 1.807) is 36.4 Å². The largest absolute Gasteiger partial charge is 0.493 e. The number of nitro groups is 1. The number of pyridine rings is 1. The van der Waals surface area contributed by atoms with Crippen LogP contribution in [-0.2, 0) is 4.79 Å². The van der Waals surface area contributed by atoms with Crippen molar-refractivity contribution in [2.24, 2.45) is 0 Å². The van der Waals surface area contributed by atoms with Gasteiger partial charge >= 0.3 is 11.7 Å². The highest BCUT2D eigenvalue weighted by molar-refractivity contribution is 5.95. The Balaban J connectivity index is 1.93. The van der Waals surface area contributed by atoms with Gasteiger partial charge in [0.2, 0.25) is 5.75 Å². The number of methoxy groups -OCH3 is 2. The summed E-state index contributed by atoms with van der Waals surface area (Å²) in [6.07, 6.45) is 4.11. The Labute approximate surface area is 160 Å². The van der Waals surface area contributed by atoms with Gasteiger partial charge in [-0.3, -0.25) is 15.1 Å². The van der Waals surface area contributed by atoms with Crippen molar-refractivity contribution in [3.05, 3.63) is 70.4 Å². The van der Waals surface area contributed by atoms with E-state index in [1.807, 2.05) is 0 Å². The number of aromatic nitrogens is 1. The van der Waals surface area contributed by atoms with Crippen LogP contribution in [-0.4, -0.2) is 30.1 Å². The summed E-state index contributed by atoms with van der Waals surface area (Å²) in [5, 5.41) is 11.9. The van der Waals surface area contributed by atoms with E-state index < -0.39 is 10.9 Å². The van der Waals surface area contributed by atoms with Crippen LogP contribution in [0.25, 0.3) is 17.0 Å². The Morgan fingerprint density at radius 3 is 2.61 bits per heavy atom. The monoisotopic (exact) mass is 380 g/mol. The first kappa shape index (κ1) is 18.8. The van der Waals surface area contributed by atoms with E-state index >= 15 is 0 Å². The van der Waals surface area contributed by atoms with Gasteiger partial charge in [-0.1, -0.05) is 18.2 Å². The highest BCUT2D eigenvalue weighted by Gasteiger charge is 2.21. The highest BCUT2D eigenvalue weighted by atomic mass is 16.6. The summed E-state index contributed by atoms with van der Waals surface area (Å²) < 4.78 is 15.8. The lowest BCUT2D eigenvalue weighted by molar-refractivity contribution is -0.385. The number of hydrogen-bond acceptors (Lipinski definition) is 7. The fourth-order valence-corrected chi connectivity index (χ4v) is 2.69. The molecule has 0 saturated heterocycles. The maximum atomic E-state index is 12.3. The van der Waals surface area contributed by atoms with Crippen molar-refractivity contribution >= 4 is 28.6 Å². The molecule has 0 radical (unpaired) electrons. The van der Waals surface area contributed by atoms with Crippen molar-refractivity contribution in [3.8, 4) is 17.2 Å². The first-order chi connectivity index (χ1) is 13.5. The molecule has 2 aromatic carbocycles. The van der Waals surface area contributed by atoms with Crippen molar-refractivity contribution in [1.82, 2.24) is 4.98 Å². The molecular formula is C20H16N2O6. The molecule has 142 valence electrons. The molecule has 0 fully saturated rings. The van der Waals surface area contributed by atoms with Gasteiger partial charge in [0.1, 0.15) is 5.52 Å². The second-order valence-corrected chi connectivity index (χ2v) is 5.58. The van der Waals surface area contributed by atoms with Crippen molar-refractivity contribution in [3.63, 3.8) is 0 Å². The number of carbonyl (C=O) groups excluding carboxylic acids is 1. The number of benzene rings is 2. The molecule has 3 rings (SSSR count). The number of hydrogen-bond donors (Lipinski definition) is 0. The molecule has 8 nitrogen and oxygen atoms in total. The summed E-state index contributed by atoms with van der Waals surface area (Å²) >= 11 is 0. The first-order valence-corrected chi connectivity index (χ1v) is 8.18. The van der Waals surface area contributed by atoms with Crippen molar-refractivity contribution in [1.29, 1.82) is 0 Å². The molecule has 1 heterocycles. The van der Waals surface area contributed by atoms with Gasteiger partial charge in [0, 0.05) is 29.3 Å². The van der Waals surface area contributed by atoms with Crippen LogP contribution in [0, 0.1) is 10.1 Å². The standard InChI is InChI=1S/C20H16N2O6/c1-26-16-7-3-5-14(19(16)27-2)9-11-17(23)28-20-15(22(24)25)10-8-13-6-4-12-21-18(13)20/h3-12H,1-2H3. The van der Waals surface area contributed by atoms with E-state index in [2.05, 4.69) is 4.98 Å². The van der Waals surface area contributed by atoms with Gasteiger partial charge in [-0.2, -0.15) is 0 Å². The van der Waals surface area contributed by atoms with Crippen LogP contribution in [0.5, 0.6) is 17.2 Å². The summed E-state index contributed by atoms with van der Waals surface area (Å²) in [5.41, 5.74) is 0.480. The number of fused-ring (bicyclic) bond motifs is 1. The van der Waals surface area contributed by atoms with Crippen LogP contribution in [0.4, 0.5) is 5.69 Å². The van der Waals surface area contributed by atoms with Crippen LogP contribution < -0.4 is 14.2 Å². The quantitative estimate of drug-likeness (QED) is 0.211. The maximum Gasteiger partial charge on any atom is 0.336 e. The maximum absolute atomic E-state index is 12.3. The molecule has 0 N–H and O–H groups in total. The van der Waals surface area contributed by atoms with Gasteiger partial charge in [0.25, 0.3) is 0 Å². The van der Waals surface area contributed by atoms with Gasteiger partial charge in [-0.05, 0) is 24.3 Å². The molecule has 0 bridgehead atoms. The van der Waals surface area contributed by atoms with Gasteiger partial charge in [-0.15, -0.1) is 0 Å². The van der Waals surface area contributed by atoms with E-state index in [-0.39, 0.29) is 17.0 Å². The number of nitro benzene ring substituents is 1. The predicted molar refractivity (Wildman–Crippen MR) is 103 cm³/mol. The molecule has 0 amide bonds. The Morgan fingerprint density at radius 1 is 1.07 bits per heavy atom. The summed E-state index contributed by atoms with van der Waals surface area (Å²) in [7, 11) is 2.99. The number of ether oxygens (including phenoxy) is 3. The van der Waals surface area contributed by atoms with Crippen LogP contribution in [0.1, 0.15) is 5.56 Å². The summed E-state index contributed by atoms with van der Waals surface area (Å²) in [5.74, 6) is -0.0275. The second-order valence-electron chi connectivity index (χ2n) is 5.58. The lowest BCUT2D eigenvalue weighted by atomic mass is 10.1. The first-order valence-electron chi connectivity index (χ1n) is 8.18. The van der Waals surface area contributed by atoms with Gasteiger partial charge < -0.3 is 14.2 Å². The molecule has 0 atom stereocenters. The van der Waals surface area contributed by atoms with Gasteiger partial charge in [0.05, 0.1) is 19.1 Å². The Kier molecular flexibility index (Phi) is 5.50. The summed E-state index contributed by atoms with van der Waals surface area (Å²) in [4.78, 5) is 27.1. The average Bonchev–Trinajstić information content (AvgIpc) is 2.71. The SMILES string of the molecule is COc1cccc(C=CC(=O)Oc2c([N+](=O)[O-])ccc3cccnc23)c1OC. The molecule has 0 spiro atoms. The van der Waals surface area contributed by atoms with Crippen LogP contribution in [0.15, 0.2) is 54.7 Å². The molecule has 8 heteroatoms. The third-order valence-electron chi connectivity index (χ3n) is 3.94. The lowest BCUT2D eigenvalue weighted by Gasteiger charge is -2.10. The van der Waals surface area contributed by atoms with Crippen molar-refractivity contribution in [2.75, 3.05) is 14.2 Å². The molecule has 1 aromatic heterocycles. The molecule has 0 aliphatic rings. The minimum atomic E-state index is -0.786. The number of carbonyl (C=O) groups is 1. The Bertz CT molecular complexity index is 1080. The van der Waals surface area contributed by atoms with E-state index in [4.69, 9.17) is 14.2 Å². The van der Waals surface area contributed by atoms with Crippen LogP contribution in [0.2, 0.25) is 0 Å². The third kappa shape index (κ3) is 3.75. The molecule has 28 heavy (non-hydrogen) atoms. The Morgan fingerprint density at radius 2 is 1.89 bits per heavy atom. The minimum Gasteiger partial charge on any atom is -0.493 e. The smallest absolute Gasteiger partial charge is 0.336 e. The average molecular weight is 380 g/mol. The summed E-state index contributed by atoms with van der Waals surface area (Å²) in [6, 6.07) is 11.4. The highest BCUT2D eigenvalue weighted by Crippen LogP contribution is 2.34. The molecule has 0 unspecified atom stereocenters. The lowest BCUT2D eigenvalue weighted by Crippen LogP contribution is -2.07. The fraction of sp³-hybridized carbons (Fsp3) is 0.100. The second kappa shape index (κ2) is 8.17. The Hall–Kier alpha value is -3.94. The molecule has 3 aromatic rings. The zero-order valence-corrected chi connectivity index (χ0v) is 15.1. The third-order valence-corrected chi connectivity index (χ3v) is 3.94. The normalized spacial score (nSPS) is 10.8. The minimum absolute atomic E-state index is 0.199. The van der Waals surface area contributed by atoms with E-state index in [1.165, 1.54) is 32.6 Å². The predicted octanol–water partition coefficient (Wildman–Crippen LogP) is 3.78. The van der Waals surface area contributed by atoms with Crippen LogP contribution >= 0.6 is 0 Å². The van der Waals surface area contributed by atoms with E-state index in [9.17, 15) is 14.9 Å². The fourth-order valence-electron chi connectivity index (χ4n) is 2.69. The molecule has 0 saturated carbocycles. The number of para-hydroxylation sites is 1. The summed E-state index contributed by atoms with van der Waals surface area (Å²) in [6.45, 7) is 0. The number of rotatable bonds is 6. The molecule has 0 aliphatic heterocycles. The van der Waals surface area contributed by atoms with Crippen LogP contribution in [0.3, 0.4) is 0 Å². The van der Waals surface area contributed by atoms with Crippen molar-refractivity contribution in [2.45, 2.75) is 0 Å². The number of esters is 1. The van der Waals surface area contributed by atoms with Gasteiger partial charge in [0.15, 0.2) is 11.5 Å². The van der Waals surface area contributed by atoms with E-state index in [0.29, 0.717) is 22.4 Å². The molecule has 0 aliphatic carbocycles. The van der Waals surface area contributed by atoms with Crippen molar-refractivity contribution < 1.29 is 23.9 Å². The molecular weight excluding hydrogens is 364 g/mol. The zero-order chi connectivity index (χ0) is 20.1. The van der Waals surface area contributed by atoms with E-state index in [0.717, 1.165) is 6.08 Å². The van der Waals surface area contributed by atoms with Gasteiger partial charge in [-0.25, -0.2) is 4.79 Å². The topological polar surface area (TPSA) is 101 Å². The zero-order valence-electron chi connectivity index (χ0n) is 15.1. The number of nitrogens with zero attached hydrogens (tertiary/aromatic N) is 2.